The molecule has 0 aromatic rings. The Balaban J connectivity index is 0. The minimum atomic E-state index is -1.46. The Morgan fingerprint density at radius 1 is 1.27 bits per heavy atom. The molecule has 0 fully saturated rings. The molecule has 0 radical (unpaired) electrons. The smallest absolute Gasteiger partial charge is 0.548 e. The van der Waals surface area contributed by atoms with Crippen molar-refractivity contribution in [3.63, 3.8) is 0 Å². The van der Waals surface area contributed by atoms with Crippen molar-refractivity contribution >= 4 is 17.9 Å². The molecule has 0 heterocycles. The maximum absolute atomic E-state index is 10.8. The third-order valence-electron chi connectivity index (χ3n) is 1.36. The summed E-state index contributed by atoms with van der Waals surface area (Å²) in [4.78, 5) is 31.4. The van der Waals surface area contributed by atoms with Gasteiger partial charge in [-0.1, -0.05) is 0 Å². The quantitative estimate of drug-likeness (QED) is 0.278. The standard InChI is InChI=1S/C7H12N2O5.K/c8-3-6(11)14-5(10)2-1-4(9)7(12)13;/h4H,1-3,8-9H2,(H,12,13);/q;+1/p-1/t4-;/m0./s1. The molecule has 0 saturated carbocycles. The van der Waals surface area contributed by atoms with E-state index in [1.807, 2.05) is 0 Å². The molecule has 0 rings (SSSR count). The van der Waals surface area contributed by atoms with Gasteiger partial charge in [0.15, 0.2) is 0 Å². The van der Waals surface area contributed by atoms with Gasteiger partial charge in [0.05, 0.1) is 12.5 Å². The summed E-state index contributed by atoms with van der Waals surface area (Å²) in [6.07, 6.45) is -0.403. The second-order valence-corrected chi connectivity index (χ2v) is 2.51. The van der Waals surface area contributed by atoms with Crippen LogP contribution in [0.4, 0.5) is 0 Å². The predicted octanol–water partition coefficient (Wildman–Crippen LogP) is -6.12. The summed E-state index contributed by atoms with van der Waals surface area (Å²) in [6, 6.07) is -1.24. The summed E-state index contributed by atoms with van der Waals surface area (Å²) >= 11 is 0. The van der Waals surface area contributed by atoms with E-state index in [4.69, 9.17) is 11.5 Å². The molecule has 0 aliphatic heterocycles. The number of nitrogens with two attached hydrogens (primary N) is 2. The Hall–Kier alpha value is 0.166. The number of esters is 2. The third kappa shape index (κ3) is 9.12. The molecule has 1 atom stereocenters. The van der Waals surface area contributed by atoms with E-state index in [9.17, 15) is 19.5 Å². The number of hydrogen-bond acceptors (Lipinski definition) is 7. The van der Waals surface area contributed by atoms with E-state index >= 15 is 0 Å². The number of rotatable bonds is 5. The molecular formula is C7H11KN2O5. The molecule has 0 aliphatic rings. The Labute approximate surface area is 129 Å². The number of carboxylic acids is 1. The van der Waals surface area contributed by atoms with E-state index in [2.05, 4.69) is 4.74 Å². The van der Waals surface area contributed by atoms with Crippen LogP contribution in [0.15, 0.2) is 0 Å². The summed E-state index contributed by atoms with van der Waals surface area (Å²) < 4.78 is 4.16. The van der Waals surface area contributed by atoms with Crippen molar-refractivity contribution in [1.29, 1.82) is 0 Å². The Morgan fingerprint density at radius 2 is 1.80 bits per heavy atom. The summed E-state index contributed by atoms with van der Waals surface area (Å²) in [5, 5.41) is 10.1. The van der Waals surface area contributed by atoms with Crippen LogP contribution in [0.25, 0.3) is 0 Å². The summed E-state index contributed by atoms with van der Waals surface area (Å²) in [5.74, 6) is -3.17. The van der Waals surface area contributed by atoms with Crippen molar-refractivity contribution in [2.75, 3.05) is 6.54 Å². The topological polar surface area (TPSA) is 136 Å². The minimum Gasteiger partial charge on any atom is -0.548 e. The Morgan fingerprint density at radius 3 is 2.20 bits per heavy atom. The summed E-state index contributed by atoms with van der Waals surface area (Å²) in [7, 11) is 0. The Kier molecular flexibility index (Phi) is 11.0. The molecule has 80 valence electrons. The molecular weight excluding hydrogens is 231 g/mol. The monoisotopic (exact) mass is 242 g/mol. The molecule has 0 spiro atoms. The molecule has 0 aromatic heterocycles. The van der Waals surface area contributed by atoms with Gasteiger partial charge in [-0.25, -0.2) is 0 Å². The maximum Gasteiger partial charge on any atom is 1.00 e. The van der Waals surface area contributed by atoms with E-state index < -0.39 is 30.5 Å². The molecule has 7 nitrogen and oxygen atoms in total. The van der Waals surface area contributed by atoms with Crippen LogP contribution in [0.1, 0.15) is 12.8 Å². The van der Waals surface area contributed by atoms with Gasteiger partial charge in [0.2, 0.25) is 0 Å². The van der Waals surface area contributed by atoms with Crippen LogP contribution in [-0.4, -0.2) is 30.5 Å². The van der Waals surface area contributed by atoms with E-state index in [1.165, 1.54) is 0 Å². The first kappa shape index (κ1) is 17.6. The molecule has 0 saturated heterocycles. The molecule has 0 amide bonds. The molecule has 0 bridgehead atoms. The average molecular weight is 242 g/mol. The van der Waals surface area contributed by atoms with Gasteiger partial charge in [-0.2, -0.15) is 0 Å². The van der Waals surface area contributed by atoms with Gasteiger partial charge in [-0.15, -0.1) is 0 Å². The fourth-order valence-corrected chi connectivity index (χ4v) is 0.611. The first-order valence-corrected chi connectivity index (χ1v) is 3.87. The maximum atomic E-state index is 10.8. The molecule has 0 unspecified atom stereocenters. The zero-order valence-electron chi connectivity index (χ0n) is 8.39. The van der Waals surface area contributed by atoms with Crippen molar-refractivity contribution in [1.82, 2.24) is 0 Å². The summed E-state index contributed by atoms with van der Waals surface area (Å²) in [5.41, 5.74) is 9.92. The van der Waals surface area contributed by atoms with Crippen LogP contribution in [0.3, 0.4) is 0 Å². The van der Waals surface area contributed by atoms with Crippen LogP contribution in [0, 0.1) is 0 Å². The van der Waals surface area contributed by atoms with Gasteiger partial charge in [0.25, 0.3) is 0 Å². The van der Waals surface area contributed by atoms with Crippen molar-refractivity contribution in [3.8, 4) is 0 Å². The van der Waals surface area contributed by atoms with Crippen LogP contribution in [0.5, 0.6) is 0 Å². The van der Waals surface area contributed by atoms with Crippen LogP contribution in [-0.2, 0) is 19.1 Å². The van der Waals surface area contributed by atoms with Gasteiger partial charge in [0, 0.05) is 12.5 Å². The number of carbonyl (C=O) groups excluding carboxylic acids is 3. The van der Waals surface area contributed by atoms with Crippen molar-refractivity contribution in [3.05, 3.63) is 0 Å². The first-order valence-electron chi connectivity index (χ1n) is 3.87. The zero-order valence-corrected chi connectivity index (χ0v) is 11.5. The van der Waals surface area contributed by atoms with E-state index in [-0.39, 0.29) is 64.2 Å². The van der Waals surface area contributed by atoms with Gasteiger partial charge in [-0.05, 0) is 6.42 Å². The number of aliphatic carboxylic acids is 1. The number of ether oxygens (including phenoxy) is 1. The van der Waals surface area contributed by atoms with E-state index in [0.29, 0.717) is 0 Å². The number of hydrogen-bond donors (Lipinski definition) is 2. The first-order chi connectivity index (χ1) is 6.47. The second kappa shape index (κ2) is 9.40. The normalized spacial score (nSPS) is 11.1. The minimum absolute atomic E-state index is 0. The van der Waals surface area contributed by atoms with Crippen LogP contribution >= 0.6 is 0 Å². The fraction of sp³-hybridized carbons (Fsp3) is 0.571. The Bertz CT molecular complexity index is 246. The van der Waals surface area contributed by atoms with Gasteiger partial charge >= 0.3 is 63.3 Å². The molecule has 4 N–H and O–H groups in total. The molecule has 0 aliphatic carbocycles. The number of carbonyl (C=O) groups is 3. The van der Waals surface area contributed by atoms with E-state index in [1.54, 1.807) is 0 Å². The fourth-order valence-electron chi connectivity index (χ4n) is 0.611. The zero-order chi connectivity index (χ0) is 11.1. The van der Waals surface area contributed by atoms with Gasteiger partial charge < -0.3 is 26.1 Å². The number of carboxylic acid groups (broad SMARTS) is 1. The van der Waals surface area contributed by atoms with E-state index in [0.717, 1.165) is 0 Å². The van der Waals surface area contributed by atoms with Gasteiger partial charge in [-0.3, -0.25) is 9.59 Å². The predicted molar refractivity (Wildman–Crippen MR) is 42.4 cm³/mol. The van der Waals surface area contributed by atoms with Crippen LogP contribution < -0.4 is 68.0 Å². The summed E-state index contributed by atoms with van der Waals surface area (Å²) in [6.45, 7) is -0.404. The SMILES string of the molecule is NCC(=O)OC(=O)CC[C@H](N)C(=O)[O-].[K+]. The second-order valence-electron chi connectivity index (χ2n) is 2.51. The van der Waals surface area contributed by atoms with Crippen LogP contribution in [0.2, 0.25) is 0 Å². The molecule has 8 heteroatoms. The van der Waals surface area contributed by atoms with Gasteiger partial charge in [0.1, 0.15) is 0 Å². The van der Waals surface area contributed by atoms with Crippen molar-refractivity contribution in [2.45, 2.75) is 18.9 Å². The van der Waals surface area contributed by atoms with Crippen molar-refractivity contribution in [2.24, 2.45) is 11.5 Å². The third-order valence-corrected chi connectivity index (χ3v) is 1.36. The molecule has 15 heavy (non-hydrogen) atoms. The largest absolute Gasteiger partial charge is 1.00 e. The molecule has 0 aromatic carbocycles. The average Bonchev–Trinajstić information content (AvgIpc) is 2.13. The van der Waals surface area contributed by atoms with Crippen molar-refractivity contribution < 1.29 is 75.6 Å².